The number of carbonyl (C=O) groups is 2. The smallest absolute Gasteiger partial charge is 0.321 e. The molecule has 3 aliphatic heterocycles. The Balaban J connectivity index is 1.44. The van der Waals surface area contributed by atoms with Crippen LogP contribution in [0.15, 0.2) is 18.2 Å². The number of benzene rings is 1. The summed E-state index contributed by atoms with van der Waals surface area (Å²) >= 11 is 0. The van der Waals surface area contributed by atoms with E-state index in [2.05, 4.69) is 29.4 Å². The van der Waals surface area contributed by atoms with E-state index in [1.807, 2.05) is 23.1 Å². The van der Waals surface area contributed by atoms with Gasteiger partial charge in [0.2, 0.25) is 5.91 Å². The van der Waals surface area contributed by atoms with E-state index in [-0.39, 0.29) is 11.9 Å². The van der Waals surface area contributed by atoms with Crippen LogP contribution in [0.3, 0.4) is 0 Å². The van der Waals surface area contributed by atoms with Gasteiger partial charge in [-0.1, -0.05) is 0 Å². The monoisotopic (exact) mass is 370 g/mol. The van der Waals surface area contributed by atoms with Crippen LogP contribution < -0.4 is 10.6 Å². The molecule has 6 nitrogen and oxygen atoms in total. The minimum Gasteiger partial charge on any atom is -0.326 e. The van der Waals surface area contributed by atoms with E-state index in [1.54, 1.807) is 0 Å². The predicted octanol–water partition coefficient (Wildman–Crippen LogP) is 3.44. The summed E-state index contributed by atoms with van der Waals surface area (Å²) < 4.78 is 0. The first-order valence-corrected chi connectivity index (χ1v) is 10.3. The van der Waals surface area contributed by atoms with Gasteiger partial charge in [-0.2, -0.15) is 0 Å². The van der Waals surface area contributed by atoms with Gasteiger partial charge in [-0.15, -0.1) is 0 Å². The molecule has 146 valence electrons. The van der Waals surface area contributed by atoms with Gasteiger partial charge in [-0.3, -0.25) is 9.69 Å². The highest BCUT2D eigenvalue weighted by atomic mass is 16.2. The van der Waals surface area contributed by atoms with Crippen LogP contribution in [-0.4, -0.2) is 53.0 Å². The molecular formula is C21H30N4O2. The lowest BCUT2D eigenvalue weighted by Crippen LogP contribution is -2.45. The third-order valence-corrected chi connectivity index (χ3v) is 6.20. The van der Waals surface area contributed by atoms with Gasteiger partial charge in [0.1, 0.15) is 0 Å². The average Bonchev–Trinajstić information content (AvgIpc) is 2.78. The van der Waals surface area contributed by atoms with Gasteiger partial charge in [0.15, 0.2) is 0 Å². The summed E-state index contributed by atoms with van der Waals surface area (Å²) in [5.74, 6) is 0.0693. The quantitative estimate of drug-likeness (QED) is 0.838. The summed E-state index contributed by atoms with van der Waals surface area (Å²) in [6.45, 7) is 6.14. The fourth-order valence-electron chi connectivity index (χ4n) is 4.99. The molecule has 0 saturated carbocycles. The Morgan fingerprint density at radius 2 is 2.00 bits per heavy atom. The molecule has 2 saturated heterocycles. The van der Waals surface area contributed by atoms with Crippen molar-refractivity contribution in [3.05, 3.63) is 23.8 Å². The van der Waals surface area contributed by atoms with Crippen molar-refractivity contribution in [2.24, 2.45) is 0 Å². The molecule has 3 aliphatic rings. The molecule has 0 radical (unpaired) electrons. The number of hydrogen-bond acceptors (Lipinski definition) is 3. The highest BCUT2D eigenvalue weighted by Gasteiger charge is 2.39. The summed E-state index contributed by atoms with van der Waals surface area (Å²) in [5, 5.41) is 6.02. The first-order valence-electron chi connectivity index (χ1n) is 10.3. The van der Waals surface area contributed by atoms with Crippen LogP contribution in [-0.2, 0) is 11.2 Å². The number of nitrogens with one attached hydrogen (secondary N) is 2. The fourth-order valence-corrected chi connectivity index (χ4v) is 4.99. The number of amides is 3. The van der Waals surface area contributed by atoms with Crippen molar-refractivity contribution in [1.29, 1.82) is 0 Å². The first-order chi connectivity index (χ1) is 13.0. The van der Waals surface area contributed by atoms with E-state index in [0.717, 1.165) is 49.3 Å². The molecule has 3 heterocycles. The number of carbonyl (C=O) groups excluding carboxylic acids is 2. The molecule has 0 aromatic heterocycles. The summed E-state index contributed by atoms with van der Waals surface area (Å²) in [4.78, 5) is 29.2. The van der Waals surface area contributed by atoms with E-state index in [0.29, 0.717) is 24.5 Å². The molecule has 1 aromatic carbocycles. The van der Waals surface area contributed by atoms with Gasteiger partial charge in [0.25, 0.3) is 0 Å². The maximum atomic E-state index is 12.9. The molecule has 2 N–H and O–H groups in total. The van der Waals surface area contributed by atoms with E-state index in [1.165, 1.54) is 12.8 Å². The summed E-state index contributed by atoms with van der Waals surface area (Å²) in [6, 6.07) is 7.40. The zero-order valence-electron chi connectivity index (χ0n) is 16.3. The molecule has 2 bridgehead atoms. The Morgan fingerprint density at radius 1 is 1.19 bits per heavy atom. The second kappa shape index (κ2) is 7.50. The molecule has 0 spiro atoms. The second-order valence-corrected chi connectivity index (χ2v) is 8.36. The Labute approximate surface area is 161 Å². The minimum atomic E-state index is -0.0103. The molecule has 3 amide bonds. The minimum absolute atomic E-state index is 0.0103. The van der Waals surface area contributed by atoms with Crippen molar-refractivity contribution in [2.45, 2.75) is 70.5 Å². The fraction of sp³-hybridized carbons (Fsp3) is 0.619. The number of nitrogens with zero attached hydrogens (tertiary/aromatic N) is 2. The van der Waals surface area contributed by atoms with Crippen molar-refractivity contribution in [1.82, 2.24) is 9.80 Å². The maximum Gasteiger partial charge on any atom is 0.321 e. The van der Waals surface area contributed by atoms with Crippen LogP contribution in [0.4, 0.5) is 16.2 Å². The molecule has 1 aromatic rings. The van der Waals surface area contributed by atoms with Crippen molar-refractivity contribution in [2.75, 3.05) is 23.7 Å². The highest BCUT2D eigenvalue weighted by molar-refractivity contribution is 5.94. The molecule has 2 atom stereocenters. The summed E-state index contributed by atoms with van der Waals surface area (Å²) in [5.41, 5.74) is 2.78. The SMILES string of the molecule is CC(C)N1C2CCC1CN(C(=O)Nc1ccc3c(c1)CCCC(=O)N3)CC2. The number of rotatable bonds is 2. The Kier molecular flexibility index (Phi) is 5.08. The molecule has 2 unspecified atom stereocenters. The van der Waals surface area contributed by atoms with Crippen molar-refractivity contribution in [3.8, 4) is 0 Å². The zero-order valence-corrected chi connectivity index (χ0v) is 16.3. The van der Waals surface area contributed by atoms with Crippen LogP contribution in [0.5, 0.6) is 0 Å². The van der Waals surface area contributed by atoms with Gasteiger partial charge >= 0.3 is 6.03 Å². The van der Waals surface area contributed by atoms with E-state index in [4.69, 9.17) is 0 Å². The number of likely N-dealkylation sites (tertiary alicyclic amines) is 1. The van der Waals surface area contributed by atoms with Gasteiger partial charge < -0.3 is 15.5 Å². The number of anilines is 2. The molecule has 4 rings (SSSR count). The van der Waals surface area contributed by atoms with Crippen LogP contribution in [0.2, 0.25) is 0 Å². The predicted molar refractivity (Wildman–Crippen MR) is 107 cm³/mol. The lowest BCUT2D eigenvalue weighted by atomic mass is 10.1. The van der Waals surface area contributed by atoms with Crippen molar-refractivity contribution < 1.29 is 9.59 Å². The molecule has 2 fully saturated rings. The lowest BCUT2D eigenvalue weighted by Gasteiger charge is -2.32. The van der Waals surface area contributed by atoms with E-state index < -0.39 is 0 Å². The second-order valence-electron chi connectivity index (χ2n) is 8.36. The molecular weight excluding hydrogens is 340 g/mol. The van der Waals surface area contributed by atoms with Crippen molar-refractivity contribution >= 4 is 23.3 Å². The number of urea groups is 1. The number of aryl methyl sites for hydroxylation is 1. The maximum absolute atomic E-state index is 12.9. The summed E-state index contributed by atoms with van der Waals surface area (Å²) in [6.07, 6.45) is 5.75. The van der Waals surface area contributed by atoms with Gasteiger partial charge in [0.05, 0.1) is 0 Å². The summed E-state index contributed by atoms with van der Waals surface area (Å²) in [7, 11) is 0. The number of fused-ring (bicyclic) bond motifs is 3. The third kappa shape index (κ3) is 3.81. The largest absolute Gasteiger partial charge is 0.326 e. The number of hydrogen-bond donors (Lipinski definition) is 2. The van der Waals surface area contributed by atoms with Crippen LogP contribution in [0.25, 0.3) is 0 Å². The van der Waals surface area contributed by atoms with E-state index >= 15 is 0 Å². The first kappa shape index (κ1) is 18.3. The van der Waals surface area contributed by atoms with Crippen LogP contribution in [0.1, 0.15) is 51.5 Å². The van der Waals surface area contributed by atoms with Gasteiger partial charge in [-0.05, 0) is 69.7 Å². The molecule has 0 aliphatic carbocycles. The Bertz CT molecular complexity index is 733. The van der Waals surface area contributed by atoms with Gasteiger partial charge in [-0.25, -0.2) is 4.79 Å². The van der Waals surface area contributed by atoms with Gasteiger partial charge in [0, 0.05) is 49.0 Å². The van der Waals surface area contributed by atoms with Crippen LogP contribution in [0, 0.1) is 0 Å². The van der Waals surface area contributed by atoms with Crippen molar-refractivity contribution in [3.63, 3.8) is 0 Å². The lowest BCUT2D eigenvalue weighted by molar-refractivity contribution is -0.116. The third-order valence-electron chi connectivity index (χ3n) is 6.20. The standard InChI is InChI=1S/C21H30N4O2/c1-14(2)25-17-7-8-18(25)13-24(11-10-17)21(27)22-16-6-9-19-15(12-16)4-3-5-20(26)23-19/h6,9,12,14,17-18H,3-5,7-8,10-11,13H2,1-2H3,(H,22,27)(H,23,26). The Morgan fingerprint density at radius 3 is 2.81 bits per heavy atom. The van der Waals surface area contributed by atoms with E-state index in [9.17, 15) is 9.59 Å². The normalized spacial score (nSPS) is 25.6. The average molecular weight is 370 g/mol. The highest BCUT2D eigenvalue weighted by Crippen LogP contribution is 2.32. The Hall–Kier alpha value is -2.08. The zero-order chi connectivity index (χ0) is 19.0. The van der Waals surface area contributed by atoms with Crippen LogP contribution >= 0.6 is 0 Å². The molecule has 27 heavy (non-hydrogen) atoms. The molecule has 6 heteroatoms. The topological polar surface area (TPSA) is 64.7 Å².